The normalized spacial score (nSPS) is 20.6. The molecule has 8 heteroatoms. The summed E-state index contributed by atoms with van der Waals surface area (Å²) in [6.07, 6.45) is 0.842. The Morgan fingerprint density at radius 1 is 1.11 bits per heavy atom. The van der Waals surface area contributed by atoms with Crippen molar-refractivity contribution >= 4 is 17.8 Å². The number of hydrogen-bond donors (Lipinski definition) is 3. The number of amides is 3. The van der Waals surface area contributed by atoms with Crippen LogP contribution in [0, 0.1) is 5.92 Å². The third-order valence-electron chi connectivity index (χ3n) is 7.36. The van der Waals surface area contributed by atoms with Crippen LogP contribution in [0.15, 0.2) is 60.7 Å². The summed E-state index contributed by atoms with van der Waals surface area (Å²) in [6.45, 7) is 5.05. The number of aromatic nitrogens is 2. The van der Waals surface area contributed by atoms with Crippen molar-refractivity contribution in [3.05, 3.63) is 83.0 Å². The molecule has 0 saturated heterocycles. The molecule has 0 radical (unpaired) electrons. The number of urea groups is 1. The van der Waals surface area contributed by atoms with E-state index >= 15 is 0 Å². The number of carbonyl (C=O) groups excluding carboxylic acids is 2. The van der Waals surface area contributed by atoms with Crippen molar-refractivity contribution in [1.82, 2.24) is 25.3 Å². The number of nitrogens with one attached hydrogen (secondary N) is 3. The van der Waals surface area contributed by atoms with E-state index in [-0.39, 0.29) is 29.8 Å². The Labute approximate surface area is 212 Å². The monoisotopic (exact) mass is 486 g/mol. The molecule has 3 aromatic rings. The maximum Gasteiger partial charge on any atom is 0.319 e. The number of rotatable bonds is 7. The first-order valence-corrected chi connectivity index (χ1v) is 12.5. The van der Waals surface area contributed by atoms with Crippen molar-refractivity contribution < 1.29 is 9.59 Å². The van der Waals surface area contributed by atoms with E-state index in [1.165, 1.54) is 5.56 Å². The van der Waals surface area contributed by atoms with E-state index in [2.05, 4.69) is 37.9 Å². The van der Waals surface area contributed by atoms with Crippen LogP contribution in [0.1, 0.15) is 54.6 Å². The van der Waals surface area contributed by atoms with Gasteiger partial charge in [-0.25, -0.2) is 4.79 Å². The Hall–Kier alpha value is -3.65. The lowest BCUT2D eigenvalue weighted by molar-refractivity contribution is -0.117. The number of aromatic amines is 1. The third-order valence-corrected chi connectivity index (χ3v) is 7.36. The largest absolute Gasteiger partial charge is 0.330 e. The Bertz CT molecular complexity index is 1240. The third kappa shape index (κ3) is 4.60. The molecule has 3 N–H and O–H groups in total. The number of anilines is 1. The van der Waals surface area contributed by atoms with Crippen LogP contribution in [0.5, 0.6) is 0 Å². The zero-order chi connectivity index (χ0) is 25.4. The zero-order valence-corrected chi connectivity index (χ0v) is 21.3. The van der Waals surface area contributed by atoms with Crippen LogP contribution in [0.25, 0.3) is 0 Å². The molecule has 0 bridgehead atoms. The van der Waals surface area contributed by atoms with Gasteiger partial charge in [-0.3, -0.25) is 9.89 Å². The van der Waals surface area contributed by atoms with E-state index in [4.69, 9.17) is 0 Å². The number of H-pyrrole nitrogens is 1. The van der Waals surface area contributed by atoms with Crippen LogP contribution < -0.4 is 10.6 Å². The summed E-state index contributed by atoms with van der Waals surface area (Å²) in [5.74, 6) is 0.703. The first-order chi connectivity index (χ1) is 17.3. The molecule has 1 aliphatic carbocycles. The molecule has 188 valence electrons. The molecule has 2 aliphatic rings. The summed E-state index contributed by atoms with van der Waals surface area (Å²) in [4.78, 5) is 30.4. The standard InChI is InChI=1S/C28H34N6O2/c1-28(2)24-22(16-34(28)27(36)29-23(17-33(3)4)19-13-9-6-10-14-19)25(32-31-24)30-26(35)21-15-20(21)18-11-7-5-8-12-18/h5-14,20-21,23H,15-17H2,1-4H3,(H,29,36)(H2,30,31,32,35)/t20-,21+,23+/m0/s1. The Morgan fingerprint density at radius 3 is 2.44 bits per heavy atom. The van der Waals surface area contributed by atoms with E-state index in [1.807, 2.05) is 76.5 Å². The summed E-state index contributed by atoms with van der Waals surface area (Å²) in [7, 11) is 3.99. The second kappa shape index (κ2) is 9.43. The molecule has 3 amide bonds. The van der Waals surface area contributed by atoms with Crippen molar-refractivity contribution in [2.75, 3.05) is 26.0 Å². The van der Waals surface area contributed by atoms with Gasteiger partial charge in [0.15, 0.2) is 5.82 Å². The van der Waals surface area contributed by atoms with Crippen molar-refractivity contribution in [1.29, 1.82) is 0 Å². The van der Waals surface area contributed by atoms with Gasteiger partial charge < -0.3 is 20.4 Å². The van der Waals surface area contributed by atoms with Crippen molar-refractivity contribution in [3.63, 3.8) is 0 Å². The second-order valence-electron chi connectivity index (χ2n) is 10.6. The molecular formula is C28H34N6O2. The molecular weight excluding hydrogens is 452 g/mol. The lowest BCUT2D eigenvalue weighted by Gasteiger charge is -2.34. The van der Waals surface area contributed by atoms with E-state index in [9.17, 15) is 9.59 Å². The molecule has 0 spiro atoms. The van der Waals surface area contributed by atoms with E-state index < -0.39 is 5.54 Å². The molecule has 5 rings (SSSR count). The fraction of sp³-hybridized carbons (Fsp3) is 0.393. The van der Waals surface area contributed by atoms with Gasteiger partial charge in [0.1, 0.15) is 0 Å². The maximum absolute atomic E-state index is 13.5. The van der Waals surface area contributed by atoms with Gasteiger partial charge in [0.2, 0.25) is 5.91 Å². The molecule has 0 unspecified atom stereocenters. The van der Waals surface area contributed by atoms with Crippen molar-refractivity contribution in [2.24, 2.45) is 5.92 Å². The minimum Gasteiger partial charge on any atom is -0.330 e. The minimum absolute atomic E-state index is 0.0195. The van der Waals surface area contributed by atoms with Gasteiger partial charge in [-0.15, -0.1) is 0 Å². The summed E-state index contributed by atoms with van der Waals surface area (Å²) >= 11 is 0. The highest BCUT2D eigenvalue weighted by atomic mass is 16.2. The van der Waals surface area contributed by atoms with Crippen LogP contribution in [0.4, 0.5) is 10.6 Å². The van der Waals surface area contributed by atoms with E-state index in [0.717, 1.165) is 23.2 Å². The SMILES string of the molecule is CN(C)C[C@@H](NC(=O)N1Cc2c(NC(=O)[C@@H]3C[C@H]3c3ccccc3)n[nH]c2C1(C)C)c1ccccc1. The van der Waals surface area contributed by atoms with E-state index in [0.29, 0.717) is 18.9 Å². The maximum atomic E-state index is 13.5. The molecule has 2 aromatic carbocycles. The second-order valence-corrected chi connectivity index (χ2v) is 10.6. The van der Waals surface area contributed by atoms with Gasteiger partial charge >= 0.3 is 6.03 Å². The summed E-state index contributed by atoms with van der Waals surface area (Å²) in [5, 5.41) is 13.7. The Balaban J connectivity index is 1.28. The van der Waals surface area contributed by atoms with Gasteiger partial charge in [-0.1, -0.05) is 60.7 Å². The molecule has 1 aliphatic heterocycles. The number of nitrogens with zero attached hydrogens (tertiary/aromatic N) is 3. The van der Waals surface area contributed by atoms with Gasteiger partial charge in [0.25, 0.3) is 0 Å². The molecule has 2 heterocycles. The fourth-order valence-electron chi connectivity index (χ4n) is 5.22. The average molecular weight is 487 g/mol. The Kier molecular flexibility index (Phi) is 6.30. The van der Waals surface area contributed by atoms with Crippen molar-refractivity contribution in [3.8, 4) is 0 Å². The molecule has 36 heavy (non-hydrogen) atoms. The quantitative estimate of drug-likeness (QED) is 0.466. The number of fused-ring (bicyclic) bond motifs is 1. The molecule has 8 nitrogen and oxygen atoms in total. The van der Waals surface area contributed by atoms with Crippen LogP contribution in [-0.2, 0) is 16.9 Å². The number of likely N-dealkylation sites (N-methyl/N-ethyl adjacent to an activating group) is 1. The topological polar surface area (TPSA) is 93.4 Å². The first-order valence-electron chi connectivity index (χ1n) is 12.5. The molecule has 3 atom stereocenters. The lowest BCUT2D eigenvalue weighted by atomic mass is 10.0. The number of benzene rings is 2. The highest BCUT2D eigenvalue weighted by Crippen LogP contribution is 2.48. The number of carbonyl (C=O) groups is 2. The van der Waals surface area contributed by atoms with Gasteiger partial charge in [-0.2, -0.15) is 5.10 Å². The smallest absolute Gasteiger partial charge is 0.319 e. The Morgan fingerprint density at radius 2 is 1.78 bits per heavy atom. The molecule has 1 fully saturated rings. The fourth-order valence-corrected chi connectivity index (χ4v) is 5.22. The van der Waals surface area contributed by atoms with Crippen LogP contribution in [0.2, 0.25) is 0 Å². The zero-order valence-electron chi connectivity index (χ0n) is 21.3. The predicted octanol–water partition coefficient (Wildman–Crippen LogP) is 4.22. The van der Waals surface area contributed by atoms with Crippen LogP contribution in [0.3, 0.4) is 0 Å². The number of hydrogen-bond acceptors (Lipinski definition) is 4. The van der Waals surface area contributed by atoms with E-state index in [1.54, 1.807) is 4.90 Å². The summed E-state index contributed by atoms with van der Waals surface area (Å²) < 4.78 is 0. The van der Waals surface area contributed by atoms with Gasteiger partial charge in [-0.05, 0) is 51.4 Å². The molecule has 1 saturated carbocycles. The van der Waals surface area contributed by atoms with Crippen LogP contribution in [-0.4, -0.2) is 52.6 Å². The summed E-state index contributed by atoms with van der Waals surface area (Å²) in [6, 6.07) is 19.8. The highest BCUT2D eigenvalue weighted by molar-refractivity contribution is 5.95. The minimum atomic E-state index is -0.596. The summed E-state index contributed by atoms with van der Waals surface area (Å²) in [5.41, 5.74) is 3.37. The van der Waals surface area contributed by atoms with Crippen molar-refractivity contribution in [2.45, 2.75) is 44.3 Å². The van der Waals surface area contributed by atoms with Crippen LogP contribution >= 0.6 is 0 Å². The highest BCUT2D eigenvalue weighted by Gasteiger charge is 2.47. The van der Waals surface area contributed by atoms with Gasteiger partial charge in [0, 0.05) is 18.0 Å². The average Bonchev–Trinajstić information content (AvgIpc) is 3.49. The van der Waals surface area contributed by atoms with Gasteiger partial charge in [0.05, 0.1) is 23.8 Å². The predicted molar refractivity (Wildman–Crippen MR) is 139 cm³/mol. The molecule has 1 aromatic heterocycles. The lowest BCUT2D eigenvalue weighted by Crippen LogP contribution is -2.48. The first kappa shape index (κ1) is 24.1.